The molecular formula is C10H12BrN3O2. The van der Waals surface area contributed by atoms with Gasteiger partial charge in [0.1, 0.15) is 5.69 Å². The SMILES string of the molecule is CCNC(=O)CNC(=O)c1ccc(Br)cn1. The topological polar surface area (TPSA) is 71.1 Å². The first kappa shape index (κ1) is 12.6. The van der Waals surface area contributed by atoms with Gasteiger partial charge in [-0.25, -0.2) is 4.98 Å². The molecule has 1 rings (SSSR count). The maximum Gasteiger partial charge on any atom is 0.270 e. The number of nitrogens with zero attached hydrogens (tertiary/aromatic N) is 1. The van der Waals surface area contributed by atoms with E-state index in [2.05, 4.69) is 31.5 Å². The Bertz CT molecular complexity index is 378. The molecule has 2 amide bonds. The number of carbonyl (C=O) groups excluding carboxylic acids is 2. The van der Waals surface area contributed by atoms with Crippen LogP contribution in [-0.2, 0) is 4.79 Å². The van der Waals surface area contributed by atoms with Gasteiger partial charge in [-0.05, 0) is 35.0 Å². The summed E-state index contributed by atoms with van der Waals surface area (Å²) in [6, 6.07) is 3.30. The lowest BCUT2D eigenvalue weighted by Crippen LogP contribution is -2.37. The van der Waals surface area contributed by atoms with Crippen LogP contribution in [0.3, 0.4) is 0 Å². The molecule has 1 aromatic heterocycles. The minimum atomic E-state index is -0.362. The number of likely N-dealkylation sites (N-methyl/N-ethyl adjacent to an activating group) is 1. The second kappa shape index (κ2) is 6.22. The van der Waals surface area contributed by atoms with Crippen molar-refractivity contribution in [1.82, 2.24) is 15.6 Å². The summed E-state index contributed by atoms with van der Waals surface area (Å²) in [5.74, 6) is -0.577. The van der Waals surface area contributed by atoms with Crippen molar-refractivity contribution in [3.8, 4) is 0 Å². The van der Waals surface area contributed by atoms with Crippen LogP contribution in [0.5, 0.6) is 0 Å². The molecule has 0 aliphatic rings. The smallest absolute Gasteiger partial charge is 0.270 e. The van der Waals surface area contributed by atoms with Crippen LogP contribution in [0.15, 0.2) is 22.8 Å². The van der Waals surface area contributed by atoms with E-state index >= 15 is 0 Å². The zero-order valence-electron chi connectivity index (χ0n) is 8.79. The van der Waals surface area contributed by atoms with Gasteiger partial charge < -0.3 is 10.6 Å². The van der Waals surface area contributed by atoms with E-state index in [0.29, 0.717) is 6.54 Å². The molecule has 0 atom stereocenters. The highest BCUT2D eigenvalue weighted by atomic mass is 79.9. The Labute approximate surface area is 102 Å². The van der Waals surface area contributed by atoms with Crippen molar-refractivity contribution < 1.29 is 9.59 Å². The van der Waals surface area contributed by atoms with Crippen LogP contribution in [0.25, 0.3) is 0 Å². The third kappa shape index (κ3) is 3.98. The van der Waals surface area contributed by atoms with Crippen LogP contribution in [0.2, 0.25) is 0 Å². The number of nitrogens with one attached hydrogen (secondary N) is 2. The Hall–Kier alpha value is -1.43. The number of halogens is 1. The molecule has 0 unspecified atom stereocenters. The second-order valence-corrected chi connectivity index (χ2v) is 3.91. The lowest BCUT2D eigenvalue weighted by Gasteiger charge is -2.04. The fourth-order valence-corrected chi connectivity index (χ4v) is 1.26. The summed E-state index contributed by atoms with van der Waals surface area (Å²) in [4.78, 5) is 26.5. The normalized spacial score (nSPS) is 9.62. The van der Waals surface area contributed by atoms with Gasteiger partial charge in [0.05, 0.1) is 6.54 Å². The molecule has 86 valence electrons. The van der Waals surface area contributed by atoms with Gasteiger partial charge in [0.2, 0.25) is 5.91 Å². The fraction of sp³-hybridized carbons (Fsp3) is 0.300. The Balaban J connectivity index is 2.47. The molecule has 5 nitrogen and oxygen atoms in total. The van der Waals surface area contributed by atoms with E-state index in [-0.39, 0.29) is 24.1 Å². The molecule has 1 heterocycles. The number of amides is 2. The number of rotatable bonds is 4. The van der Waals surface area contributed by atoms with Crippen molar-refractivity contribution in [3.05, 3.63) is 28.5 Å². The summed E-state index contributed by atoms with van der Waals surface area (Å²) >= 11 is 3.22. The number of carbonyl (C=O) groups is 2. The average Bonchev–Trinajstić information content (AvgIpc) is 2.27. The number of aromatic nitrogens is 1. The van der Waals surface area contributed by atoms with Gasteiger partial charge in [0, 0.05) is 17.2 Å². The summed E-state index contributed by atoms with van der Waals surface area (Å²) in [6.07, 6.45) is 1.53. The minimum Gasteiger partial charge on any atom is -0.355 e. The minimum absolute atomic E-state index is 0.0373. The molecule has 0 aliphatic carbocycles. The van der Waals surface area contributed by atoms with Gasteiger partial charge in [-0.2, -0.15) is 0 Å². The summed E-state index contributed by atoms with van der Waals surface area (Å²) in [5.41, 5.74) is 0.285. The number of hydrogen-bond donors (Lipinski definition) is 2. The molecule has 0 bridgehead atoms. The standard InChI is InChI=1S/C10H12BrN3O2/c1-2-12-9(15)6-14-10(16)8-4-3-7(11)5-13-8/h3-5H,2,6H2,1H3,(H,12,15)(H,14,16). The molecule has 0 fully saturated rings. The van der Waals surface area contributed by atoms with Crippen LogP contribution in [0, 0.1) is 0 Å². The summed E-state index contributed by atoms with van der Waals surface area (Å²) in [7, 11) is 0. The van der Waals surface area contributed by atoms with Gasteiger partial charge in [-0.1, -0.05) is 0 Å². The van der Waals surface area contributed by atoms with Crippen molar-refractivity contribution in [2.24, 2.45) is 0 Å². The fourth-order valence-electron chi connectivity index (χ4n) is 1.02. The molecule has 0 saturated carbocycles. The zero-order valence-corrected chi connectivity index (χ0v) is 10.4. The van der Waals surface area contributed by atoms with Crippen LogP contribution < -0.4 is 10.6 Å². The van der Waals surface area contributed by atoms with Crippen molar-refractivity contribution in [2.75, 3.05) is 13.1 Å². The predicted octanol–water partition coefficient (Wildman–Crippen LogP) is 0.710. The van der Waals surface area contributed by atoms with Crippen LogP contribution in [0.4, 0.5) is 0 Å². The summed E-state index contributed by atoms with van der Waals surface area (Å²) in [5, 5.41) is 5.05. The third-order valence-electron chi connectivity index (χ3n) is 1.74. The molecule has 0 radical (unpaired) electrons. The van der Waals surface area contributed by atoms with Crippen LogP contribution in [-0.4, -0.2) is 29.9 Å². The van der Waals surface area contributed by atoms with E-state index in [1.165, 1.54) is 6.20 Å². The quantitative estimate of drug-likeness (QED) is 0.856. The maximum atomic E-state index is 11.5. The molecule has 0 saturated heterocycles. The van der Waals surface area contributed by atoms with E-state index in [1.54, 1.807) is 12.1 Å². The number of hydrogen-bond acceptors (Lipinski definition) is 3. The largest absolute Gasteiger partial charge is 0.355 e. The Morgan fingerprint density at radius 2 is 2.12 bits per heavy atom. The highest BCUT2D eigenvalue weighted by Crippen LogP contribution is 2.06. The Morgan fingerprint density at radius 1 is 1.38 bits per heavy atom. The third-order valence-corrected chi connectivity index (χ3v) is 2.21. The molecule has 0 aromatic carbocycles. The van der Waals surface area contributed by atoms with Crippen molar-refractivity contribution in [3.63, 3.8) is 0 Å². The van der Waals surface area contributed by atoms with Crippen LogP contribution >= 0.6 is 15.9 Å². The van der Waals surface area contributed by atoms with E-state index < -0.39 is 0 Å². The first-order chi connectivity index (χ1) is 7.63. The highest BCUT2D eigenvalue weighted by Gasteiger charge is 2.08. The van der Waals surface area contributed by atoms with Crippen molar-refractivity contribution in [1.29, 1.82) is 0 Å². The highest BCUT2D eigenvalue weighted by molar-refractivity contribution is 9.10. The van der Waals surface area contributed by atoms with Gasteiger partial charge in [0.25, 0.3) is 5.91 Å². The first-order valence-electron chi connectivity index (χ1n) is 4.80. The predicted molar refractivity (Wildman–Crippen MR) is 63.0 cm³/mol. The molecule has 2 N–H and O–H groups in total. The zero-order chi connectivity index (χ0) is 12.0. The van der Waals surface area contributed by atoms with Gasteiger partial charge in [-0.15, -0.1) is 0 Å². The molecule has 1 aromatic rings. The molecule has 6 heteroatoms. The van der Waals surface area contributed by atoms with E-state index in [1.807, 2.05) is 6.92 Å². The summed E-state index contributed by atoms with van der Waals surface area (Å²) < 4.78 is 0.799. The molecular weight excluding hydrogens is 274 g/mol. The lowest BCUT2D eigenvalue weighted by atomic mass is 10.3. The van der Waals surface area contributed by atoms with Crippen molar-refractivity contribution in [2.45, 2.75) is 6.92 Å². The lowest BCUT2D eigenvalue weighted by molar-refractivity contribution is -0.120. The Kier molecular flexibility index (Phi) is 4.91. The molecule has 0 aliphatic heterocycles. The Morgan fingerprint density at radius 3 is 2.69 bits per heavy atom. The van der Waals surface area contributed by atoms with Gasteiger partial charge in [-0.3, -0.25) is 9.59 Å². The average molecular weight is 286 g/mol. The number of pyridine rings is 1. The van der Waals surface area contributed by atoms with Gasteiger partial charge >= 0.3 is 0 Å². The van der Waals surface area contributed by atoms with E-state index in [9.17, 15) is 9.59 Å². The maximum absolute atomic E-state index is 11.5. The summed E-state index contributed by atoms with van der Waals surface area (Å²) in [6.45, 7) is 2.33. The van der Waals surface area contributed by atoms with Gasteiger partial charge in [0.15, 0.2) is 0 Å². The van der Waals surface area contributed by atoms with Crippen LogP contribution in [0.1, 0.15) is 17.4 Å². The second-order valence-electron chi connectivity index (χ2n) is 3.00. The monoisotopic (exact) mass is 285 g/mol. The van der Waals surface area contributed by atoms with E-state index in [0.717, 1.165) is 4.47 Å². The van der Waals surface area contributed by atoms with E-state index in [4.69, 9.17) is 0 Å². The molecule has 0 spiro atoms. The van der Waals surface area contributed by atoms with Crippen molar-refractivity contribution >= 4 is 27.7 Å². The molecule has 16 heavy (non-hydrogen) atoms. The first-order valence-corrected chi connectivity index (χ1v) is 5.59.